The molecular formula is C25H38O7. The van der Waals surface area contributed by atoms with Crippen molar-refractivity contribution in [2.45, 2.75) is 83.7 Å². The minimum absolute atomic E-state index is 0.0949. The Kier molecular flexibility index (Phi) is 9.40. The fraction of sp³-hybridized carbons (Fsp3) is 0.680. The molecule has 2 rings (SSSR count). The quantitative estimate of drug-likeness (QED) is 0.526. The Labute approximate surface area is 191 Å². The highest BCUT2D eigenvalue weighted by Crippen LogP contribution is 2.35. The van der Waals surface area contributed by atoms with Crippen LogP contribution in [0.3, 0.4) is 0 Å². The number of hydrogen-bond donors (Lipinski definition) is 2. The Bertz CT molecular complexity index is 743. The zero-order valence-electron chi connectivity index (χ0n) is 19.9. The first kappa shape index (κ1) is 26.5. The lowest BCUT2D eigenvalue weighted by Gasteiger charge is -2.38. The largest absolute Gasteiger partial charge is 0.463 e. The lowest BCUT2D eigenvalue weighted by atomic mass is 9.84. The van der Waals surface area contributed by atoms with Gasteiger partial charge in [-0.1, -0.05) is 78.1 Å². The fourth-order valence-corrected chi connectivity index (χ4v) is 3.64. The summed E-state index contributed by atoms with van der Waals surface area (Å²) in [4.78, 5) is 24.6. The van der Waals surface area contributed by atoms with Crippen molar-refractivity contribution in [2.24, 2.45) is 5.92 Å². The van der Waals surface area contributed by atoms with Crippen LogP contribution in [0.2, 0.25) is 0 Å². The number of rotatable bonds is 10. The highest BCUT2D eigenvalue weighted by Gasteiger charge is 2.55. The van der Waals surface area contributed by atoms with Gasteiger partial charge in [-0.05, 0) is 28.9 Å². The van der Waals surface area contributed by atoms with Crippen LogP contribution >= 0.6 is 0 Å². The van der Waals surface area contributed by atoms with Gasteiger partial charge in [0.2, 0.25) is 11.9 Å². The molecule has 32 heavy (non-hydrogen) atoms. The number of esters is 1. The Hall–Kier alpha value is -1.80. The number of carbonyl (C=O) groups excluding carboxylic acids is 2. The molecular weight excluding hydrogens is 412 g/mol. The van der Waals surface area contributed by atoms with Gasteiger partial charge in [0.1, 0.15) is 19.3 Å². The first-order valence-corrected chi connectivity index (χ1v) is 11.5. The van der Waals surface area contributed by atoms with E-state index in [0.717, 1.165) is 31.2 Å². The van der Waals surface area contributed by atoms with Crippen molar-refractivity contribution in [1.29, 1.82) is 0 Å². The summed E-state index contributed by atoms with van der Waals surface area (Å²) in [5, 5.41) is 22.5. The summed E-state index contributed by atoms with van der Waals surface area (Å²) < 4.78 is 16.1. The smallest absolute Gasteiger partial charge is 0.346 e. The molecule has 0 amide bonds. The molecule has 3 unspecified atom stereocenters. The number of benzene rings is 1. The maximum Gasteiger partial charge on any atom is 0.346 e. The second kappa shape index (κ2) is 11.4. The number of aliphatic hydroxyl groups is 2. The van der Waals surface area contributed by atoms with Gasteiger partial charge in [0.05, 0.1) is 6.61 Å². The van der Waals surface area contributed by atoms with Crippen LogP contribution in [0.15, 0.2) is 24.3 Å². The first-order valence-electron chi connectivity index (χ1n) is 11.5. The summed E-state index contributed by atoms with van der Waals surface area (Å²) in [6, 6.07) is 7.00. The van der Waals surface area contributed by atoms with Gasteiger partial charge < -0.3 is 24.4 Å². The van der Waals surface area contributed by atoms with Gasteiger partial charge in [0, 0.05) is 0 Å². The van der Waals surface area contributed by atoms with E-state index in [-0.39, 0.29) is 36.9 Å². The van der Waals surface area contributed by atoms with Gasteiger partial charge in [0.15, 0.2) is 5.78 Å². The van der Waals surface area contributed by atoms with Gasteiger partial charge in [-0.15, -0.1) is 0 Å². The van der Waals surface area contributed by atoms with Crippen LogP contribution in [-0.2, 0) is 29.2 Å². The predicted octanol–water partition coefficient (Wildman–Crippen LogP) is 3.45. The summed E-state index contributed by atoms with van der Waals surface area (Å²) >= 11 is 0. The van der Waals surface area contributed by atoms with Crippen molar-refractivity contribution in [1.82, 2.24) is 0 Å². The maximum absolute atomic E-state index is 13.1. The third-order valence-corrected chi connectivity index (χ3v) is 5.98. The average molecular weight is 451 g/mol. The topological polar surface area (TPSA) is 102 Å². The van der Waals surface area contributed by atoms with E-state index in [1.807, 2.05) is 19.1 Å². The molecule has 1 aromatic carbocycles. The number of aliphatic hydroxyl groups excluding tert-OH is 1. The molecule has 0 aromatic heterocycles. The zero-order chi connectivity index (χ0) is 23.9. The molecule has 0 bridgehead atoms. The van der Waals surface area contributed by atoms with Crippen LogP contribution in [0, 0.1) is 5.92 Å². The average Bonchev–Trinajstić information content (AvgIpc) is 2.78. The summed E-state index contributed by atoms with van der Waals surface area (Å²) in [5.41, 5.74) is -1.26. The van der Waals surface area contributed by atoms with E-state index in [9.17, 15) is 19.8 Å². The van der Waals surface area contributed by atoms with Crippen molar-refractivity contribution in [3.63, 3.8) is 0 Å². The predicted molar refractivity (Wildman–Crippen MR) is 120 cm³/mol. The summed E-state index contributed by atoms with van der Waals surface area (Å²) in [5.74, 6) is -1.19. The number of ether oxygens (including phenoxy) is 3. The molecule has 180 valence electrons. The molecule has 1 aromatic rings. The van der Waals surface area contributed by atoms with Gasteiger partial charge >= 0.3 is 5.97 Å². The Morgan fingerprint density at radius 1 is 1.16 bits per heavy atom. The van der Waals surface area contributed by atoms with Crippen LogP contribution in [0.1, 0.15) is 77.5 Å². The van der Waals surface area contributed by atoms with Crippen LogP contribution in [-0.4, -0.2) is 53.7 Å². The third-order valence-electron chi connectivity index (χ3n) is 5.98. The Morgan fingerprint density at radius 2 is 1.75 bits per heavy atom. The van der Waals surface area contributed by atoms with Crippen molar-refractivity contribution in [2.75, 3.05) is 19.8 Å². The summed E-state index contributed by atoms with van der Waals surface area (Å²) in [6.07, 6.45) is 0.585. The molecule has 0 spiro atoms. The van der Waals surface area contributed by atoms with Gasteiger partial charge in [-0.2, -0.15) is 0 Å². The van der Waals surface area contributed by atoms with Crippen molar-refractivity contribution < 1.29 is 34.0 Å². The maximum atomic E-state index is 13.1. The molecule has 1 aliphatic rings. The standard InChI is InChI=1S/C25H38O7/c1-6-8-9-17(7-2)14-30-22(28)25(29,23-31-15-20(26)16-32-23)21(27)18-10-12-19(13-11-18)24(3,4)5/h10-13,17,21,23,27,29H,6-9,14-16H2,1-5H3. The molecule has 0 saturated carbocycles. The van der Waals surface area contributed by atoms with E-state index in [4.69, 9.17) is 14.2 Å². The van der Waals surface area contributed by atoms with Gasteiger partial charge in [-0.25, -0.2) is 4.79 Å². The number of unbranched alkanes of at least 4 members (excludes halogenated alkanes) is 1. The second-order valence-corrected chi connectivity index (χ2v) is 9.61. The Morgan fingerprint density at radius 3 is 2.25 bits per heavy atom. The summed E-state index contributed by atoms with van der Waals surface area (Å²) in [6.45, 7) is 9.80. The molecule has 7 nitrogen and oxygen atoms in total. The van der Waals surface area contributed by atoms with Crippen molar-refractivity contribution >= 4 is 11.8 Å². The molecule has 3 atom stereocenters. The van der Waals surface area contributed by atoms with Crippen LogP contribution < -0.4 is 0 Å². The first-order chi connectivity index (χ1) is 15.0. The molecule has 0 aliphatic carbocycles. The minimum Gasteiger partial charge on any atom is -0.463 e. The van der Waals surface area contributed by atoms with Gasteiger partial charge in [-0.3, -0.25) is 4.79 Å². The normalized spacial score (nSPS) is 19.3. The van der Waals surface area contributed by atoms with Crippen molar-refractivity contribution in [3.05, 3.63) is 35.4 Å². The van der Waals surface area contributed by atoms with Crippen LogP contribution in [0.25, 0.3) is 0 Å². The number of ketones is 1. The van der Waals surface area contributed by atoms with E-state index in [2.05, 4.69) is 27.7 Å². The Balaban J connectivity index is 2.27. The SMILES string of the molecule is CCCCC(CC)COC(=O)C(O)(C1OCC(=O)CO1)C(O)c1ccc(C(C)(C)C)cc1. The molecule has 1 aliphatic heterocycles. The van der Waals surface area contributed by atoms with E-state index in [0.29, 0.717) is 5.56 Å². The van der Waals surface area contributed by atoms with Crippen LogP contribution in [0.5, 0.6) is 0 Å². The zero-order valence-corrected chi connectivity index (χ0v) is 19.9. The molecule has 0 radical (unpaired) electrons. The molecule has 7 heteroatoms. The van der Waals surface area contributed by atoms with Crippen LogP contribution in [0.4, 0.5) is 0 Å². The van der Waals surface area contributed by atoms with Gasteiger partial charge in [0.25, 0.3) is 0 Å². The number of Topliss-reactive ketones (excluding diaryl/α,β-unsaturated/α-hetero) is 1. The van der Waals surface area contributed by atoms with Crippen molar-refractivity contribution in [3.8, 4) is 0 Å². The minimum atomic E-state index is -2.52. The van der Waals surface area contributed by atoms with E-state index in [1.54, 1.807) is 12.1 Å². The lowest BCUT2D eigenvalue weighted by Crippen LogP contribution is -2.59. The third kappa shape index (κ3) is 6.38. The highest BCUT2D eigenvalue weighted by molar-refractivity contribution is 5.83. The monoisotopic (exact) mass is 450 g/mol. The highest BCUT2D eigenvalue weighted by atomic mass is 16.7. The van der Waals surface area contributed by atoms with E-state index < -0.39 is 24.0 Å². The number of carbonyl (C=O) groups is 2. The second-order valence-electron chi connectivity index (χ2n) is 9.61. The number of hydrogen-bond acceptors (Lipinski definition) is 7. The molecule has 1 heterocycles. The molecule has 2 N–H and O–H groups in total. The van der Waals surface area contributed by atoms with E-state index >= 15 is 0 Å². The van der Waals surface area contributed by atoms with E-state index in [1.165, 1.54) is 0 Å². The molecule has 1 fully saturated rings. The lowest BCUT2D eigenvalue weighted by molar-refractivity contribution is -0.277. The fourth-order valence-electron chi connectivity index (χ4n) is 3.64. The molecule has 1 saturated heterocycles. The summed E-state index contributed by atoms with van der Waals surface area (Å²) in [7, 11) is 0.